The lowest BCUT2D eigenvalue weighted by molar-refractivity contribution is 0.0341. The Morgan fingerprint density at radius 3 is 2.28 bits per heavy atom. The van der Waals surface area contributed by atoms with E-state index in [0.29, 0.717) is 19.7 Å². The molecular formula is C25H37IN4O2. The highest BCUT2D eigenvalue weighted by molar-refractivity contribution is 14.0. The number of ether oxygens (including phenoxy) is 2. The number of rotatable bonds is 10. The van der Waals surface area contributed by atoms with Crippen LogP contribution in [-0.2, 0) is 35.7 Å². The van der Waals surface area contributed by atoms with Crippen molar-refractivity contribution in [2.24, 2.45) is 4.99 Å². The Bertz CT molecular complexity index is 825. The van der Waals surface area contributed by atoms with Crippen LogP contribution in [0.15, 0.2) is 53.5 Å². The lowest BCUT2D eigenvalue weighted by atomic mass is 10.1. The molecule has 1 saturated heterocycles. The summed E-state index contributed by atoms with van der Waals surface area (Å²) in [6.07, 6.45) is 0. The van der Waals surface area contributed by atoms with Crippen molar-refractivity contribution in [1.29, 1.82) is 0 Å². The van der Waals surface area contributed by atoms with Crippen LogP contribution < -0.4 is 10.6 Å². The molecule has 0 radical (unpaired) electrons. The van der Waals surface area contributed by atoms with Gasteiger partial charge in [-0.25, -0.2) is 4.99 Å². The normalized spacial score (nSPS) is 14.6. The van der Waals surface area contributed by atoms with Gasteiger partial charge in [0.05, 0.1) is 26.4 Å². The van der Waals surface area contributed by atoms with E-state index in [4.69, 9.17) is 14.5 Å². The molecule has 32 heavy (non-hydrogen) atoms. The van der Waals surface area contributed by atoms with E-state index >= 15 is 0 Å². The number of nitrogens with zero attached hydrogens (tertiary/aromatic N) is 2. The average Bonchev–Trinajstić information content (AvgIpc) is 2.81. The van der Waals surface area contributed by atoms with Gasteiger partial charge in [-0.3, -0.25) is 4.90 Å². The monoisotopic (exact) mass is 552 g/mol. The first kappa shape index (κ1) is 26.6. The Morgan fingerprint density at radius 1 is 0.938 bits per heavy atom. The molecule has 2 N–H and O–H groups in total. The summed E-state index contributed by atoms with van der Waals surface area (Å²) in [6.45, 7) is 12.2. The highest BCUT2D eigenvalue weighted by atomic mass is 127. The Kier molecular flexibility index (Phi) is 12.6. The molecule has 1 fully saturated rings. The summed E-state index contributed by atoms with van der Waals surface area (Å²) >= 11 is 0. The lowest BCUT2D eigenvalue weighted by Gasteiger charge is -2.27. The maximum atomic E-state index is 5.61. The third-order valence-corrected chi connectivity index (χ3v) is 5.39. The van der Waals surface area contributed by atoms with Crippen molar-refractivity contribution in [3.05, 3.63) is 70.8 Å². The van der Waals surface area contributed by atoms with Crippen LogP contribution in [0.3, 0.4) is 0 Å². The molecular weight excluding hydrogens is 515 g/mol. The first-order valence-electron chi connectivity index (χ1n) is 11.3. The molecule has 1 heterocycles. The summed E-state index contributed by atoms with van der Waals surface area (Å²) < 4.78 is 11.1. The largest absolute Gasteiger partial charge is 0.379 e. The quantitative estimate of drug-likeness (QED) is 0.266. The van der Waals surface area contributed by atoms with E-state index in [1.165, 1.54) is 22.3 Å². The first-order valence-corrected chi connectivity index (χ1v) is 11.3. The standard InChI is InChI=1S/C25H36N4O2.HI/c1-3-26-25(28-18-22-10-6-8-12-24(22)20-30-4-2)27-17-21-9-5-7-11-23(21)19-29-13-15-31-16-14-29;/h5-12H,3-4,13-20H2,1-2H3,(H2,26,27,28);1H. The fourth-order valence-corrected chi connectivity index (χ4v) is 3.63. The SMILES string of the molecule is CCNC(=NCc1ccccc1CN1CCOCC1)NCc1ccccc1COCC.I. The van der Waals surface area contributed by atoms with E-state index in [1.54, 1.807) is 0 Å². The average molecular weight is 553 g/mol. The summed E-state index contributed by atoms with van der Waals surface area (Å²) in [5.41, 5.74) is 5.05. The zero-order valence-electron chi connectivity index (χ0n) is 19.3. The second kappa shape index (κ2) is 15.2. The number of benzene rings is 2. The number of halogens is 1. The van der Waals surface area contributed by atoms with Gasteiger partial charge in [0.2, 0.25) is 0 Å². The van der Waals surface area contributed by atoms with Gasteiger partial charge in [-0.1, -0.05) is 48.5 Å². The van der Waals surface area contributed by atoms with Crippen molar-refractivity contribution in [3.8, 4) is 0 Å². The van der Waals surface area contributed by atoms with E-state index in [2.05, 4.69) is 71.0 Å². The minimum absolute atomic E-state index is 0. The molecule has 2 aromatic rings. The number of morpholine rings is 1. The Morgan fingerprint density at radius 2 is 1.59 bits per heavy atom. The van der Waals surface area contributed by atoms with E-state index in [-0.39, 0.29) is 24.0 Å². The molecule has 6 nitrogen and oxygen atoms in total. The maximum Gasteiger partial charge on any atom is 0.191 e. The Balaban J connectivity index is 0.00000363. The summed E-state index contributed by atoms with van der Waals surface area (Å²) in [7, 11) is 0. The second-order valence-corrected chi connectivity index (χ2v) is 7.61. The van der Waals surface area contributed by atoms with E-state index in [0.717, 1.165) is 52.0 Å². The summed E-state index contributed by atoms with van der Waals surface area (Å²) in [4.78, 5) is 7.31. The predicted octanol–water partition coefficient (Wildman–Crippen LogP) is 3.93. The molecule has 3 rings (SSSR count). The molecule has 0 saturated carbocycles. The molecule has 0 spiro atoms. The van der Waals surface area contributed by atoms with Crippen molar-refractivity contribution >= 4 is 29.9 Å². The molecule has 0 amide bonds. The van der Waals surface area contributed by atoms with Gasteiger partial charge in [0, 0.05) is 39.3 Å². The van der Waals surface area contributed by atoms with Crippen LogP contribution in [0, 0.1) is 0 Å². The fourth-order valence-electron chi connectivity index (χ4n) is 3.63. The third kappa shape index (κ3) is 8.69. The molecule has 176 valence electrons. The fraction of sp³-hybridized carbons (Fsp3) is 0.480. The second-order valence-electron chi connectivity index (χ2n) is 7.61. The number of aliphatic imine (C=N–C) groups is 1. The zero-order valence-corrected chi connectivity index (χ0v) is 21.6. The molecule has 7 heteroatoms. The van der Waals surface area contributed by atoms with Gasteiger partial charge in [0.1, 0.15) is 0 Å². The number of hydrogen-bond donors (Lipinski definition) is 2. The van der Waals surface area contributed by atoms with Crippen LogP contribution in [0.25, 0.3) is 0 Å². The minimum atomic E-state index is 0. The van der Waals surface area contributed by atoms with E-state index < -0.39 is 0 Å². The highest BCUT2D eigenvalue weighted by Crippen LogP contribution is 2.14. The van der Waals surface area contributed by atoms with Crippen molar-refractivity contribution in [1.82, 2.24) is 15.5 Å². The molecule has 0 atom stereocenters. The summed E-state index contributed by atoms with van der Waals surface area (Å²) in [6, 6.07) is 17.0. The van der Waals surface area contributed by atoms with Gasteiger partial charge in [-0.2, -0.15) is 0 Å². The third-order valence-electron chi connectivity index (χ3n) is 5.39. The molecule has 1 aliphatic rings. The predicted molar refractivity (Wildman–Crippen MR) is 141 cm³/mol. The van der Waals surface area contributed by atoms with Crippen LogP contribution in [0.4, 0.5) is 0 Å². The van der Waals surface area contributed by atoms with Gasteiger partial charge in [-0.15, -0.1) is 24.0 Å². The van der Waals surface area contributed by atoms with Crippen LogP contribution in [0.2, 0.25) is 0 Å². The molecule has 0 unspecified atom stereocenters. The van der Waals surface area contributed by atoms with Gasteiger partial charge in [-0.05, 0) is 36.1 Å². The number of guanidine groups is 1. The lowest BCUT2D eigenvalue weighted by Crippen LogP contribution is -2.37. The van der Waals surface area contributed by atoms with Gasteiger partial charge >= 0.3 is 0 Å². The van der Waals surface area contributed by atoms with Gasteiger partial charge < -0.3 is 20.1 Å². The smallest absolute Gasteiger partial charge is 0.191 e. The summed E-state index contributed by atoms with van der Waals surface area (Å²) in [5, 5.41) is 6.85. The first-order chi connectivity index (χ1) is 15.3. The van der Waals surface area contributed by atoms with Gasteiger partial charge in [0.15, 0.2) is 5.96 Å². The van der Waals surface area contributed by atoms with Crippen molar-refractivity contribution < 1.29 is 9.47 Å². The number of hydrogen-bond acceptors (Lipinski definition) is 4. The number of nitrogens with one attached hydrogen (secondary N) is 2. The molecule has 0 aromatic heterocycles. The highest BCUT2D eigenvalue weighted by Gasteiger charge is 2.12. The van der Waals surface area contributed by atoms with Crippen LogP contribution in [0.1, 0.15) is 36.1 Å². The molecule has 0 aliphatic carbocycles. The van der Waals surface area contributed by atoms with E-state index in [1.807, 2.05) is 6.92 Å². The molecule has 1 aliphatic heterocycles. The Hall–Kier alpha value is -1.68. The topological polar surface area (TPSA) is 58.1 Å². The van der Waals surface area contributed by atoms with Crippen LogP contribution in [-0.4, -0.2) is 50.3 Å². The van der Waals surface area contributed by atoms with Gasteiger partial charge in [0.25, 0.3) is 0 Å². The molecule has 2 aromatic carbocycles. The van der Waals surface area contributed by atoms with Crippen molar-refractivity contribution in [3.63, 3.8) is 0 Å². The Labute approximate surface area is 209 Å². The molecule has 0 bridgehead atoms. The van der Waals surface area contributed by atoms with Crippen molar-refractivity contribution in [2.45, 2.75) is 40.1 Å². The van der Waals surface area contributed by atoms with Crippen molar-refractivity contribution in [2.75, 3.05) is 39.5 Å². The van der Waals surface area contributed by atoms with E-state index in [9.17, 15) is 0 Å². The minimum Gasteiger partial charge on any atom is -0.379 e. The zero-order chi connectivity index (χ0) is 21.7. The van der Waals surface area contributed by atoms with Crippen LogP contribution in [0.5, 0.6) is 0 Å². The maximum absolute atomic E-state index is 5.61. The summed E-state index contributed by atoms with van der Waals surface area (Å²) in [5.74, 6) is 0.829. The van der Waals surface area contributed by atoms with Crippen LogP contribution >= 0.6 is 24.0 Å².